The van der Waals surface area contributed by atoms with Gasteiger partial charge in [0.2, 0.25) is 0 Å². The van der Waals surface area contributed by atoms with Gasteiger partial charge in [0.15, 0.2) is 0 Å². The highest BCUT2D eigenvalue weighted by atomic mass is 32.2. The van der Waals surface area contributed by atoms with Crippen molar-refractivity contribution < 1.29 is 17.6 Å². The highest BCUT2D eigenvalue weighted by Gasteiger charge is 2.02. The summed E-state index contributed by atoms with van der Waals surface area (Å²) in [7, 11) is -2.93. The predicted molar refractivity (Wildman–Crippen MR) is 52.8 cm³/mol. The first-order valence-electron chi connectivity index (χ1n) is 4.28. The fourth-order valence-electron chi connectivity index (χ4n) is 0.946. The van der Waals surface area contributed by atoms with Crippen LogP contribution in [0, 0.1) is 6.92 Å². The van der Waals surface area contributed by atoms with E-state index in [2.05, 4.69) is 0 Å². The van der Waals surface area contributed by atoms with Gasteiger partial charge in [-0.25, -0.2) is 8.42 Å². The van der Waals surface area contributed by atoms with Gasteiger partial charge in [-0.2, -0.15) is 0 Å². The maximum Gasteiger partial charge on any atom is 0.149 e. The molecule has 0 bridgehead atoms. The van der Waals surface area contributed by atoms with Gasteiger partial charge < -0.3 is 9.15 Å². The highest BCUT2D eigenvalue weighted by Crippen LogP contribution is 2.07. The van der Waals surface area contributed by atoms with Crippen molar-refractivity contribution in [1.29, 1.82) is 0 Å². The van der Waals surface area contributed by atoms with Gasteiger partial charge in [0, 0.05) is 6.26 Å². The van der Waals surface area contributed by atoms with Crippen LogP contribution in [0.1, 0.15) is 11.5 Å². The smallest absolute Gasteiger partial charge is 0.149 e. The monoisotopic (exact) mass is 218 g/mol. The summed E-state index contributed by atoms with van der Waals surface area (Å²) in [5, 5.41) is 0. The van der Waals surface area contributed by atoms with Gasteiger partial charge in [0.05, 0.1) is 12.4 Å². The van der Waals surface area contributed by atoms with Crippen LogP contribution >= 0.6 is 0 Å². The minimum Gasteiger partial charge on any atom is -0.464 e. The maximum atomic E-state index is 10.7. The number of hydrogen-bond donors (Lipinski definition) is 0. The van der Waals surface area contributed by atoms with Crippen LogP contribution in [0.25, 0.3) is 0 Å². The van der Waals surface area contributed by atoms with Gasteiger partial charge in [-0.1, -0.05) is 0 Å². The van der Waals surface area contributed by atoms with Crippen LogP contribution < -0.4 is 0 Å². The molecule has 4 nitrogen and oxygen atoms in total. The Morgan fingerprint density at radius 3 is 2.64 bits per heavy atom. The van der Waals surface area contributed by atoms with Gasteiger partial charge in [0.1, 0.15) is 28.0 Å². The summed E-state index contributed by atoms with van der Waals surface area (Å²) in [5.74, 6) is 1.59. The fraction of sp³-hybridized carbons (Fsp3) is 0.556. The molecule has 80 valence electrons. The second-order valence-electron chi connectivity index (χ2n) is 3.19. The SMILES string of the molecule is Cc1ccc(COCCS(C)(=O)=O)o1. The summed E-state index contributed by atoms with van der Waals surface area (Å²) in [4.78, 5) is 0. The molecule has 14 heavy (non-hydrogen) atoms. The molecule has 0 aliphatic rings. The molecular weight excluding hydrogens is 204 g/mol. The number of aryl methyl sites for hydroxylation is 1. The summed E-state index contributed by atoms with van der Waals surface area (Å²) in [6.45, 7) is 2.38. The van der Waals surface area contributed by atoms with Crippen molar-refractivity contribution >= 4 is 9.84 Å². The van der Waals surface area contributed by atoms with E-state index in [0.29, 0.717) is 6.61 Å². The van der Waals surface area contributed by atoms with Crippen molar-refractivity contribution in [2.75, 3.05) is 18.6 Å². The molecule has 0 fully saturated rings. The first-order valence-corrected chi connectivity index (χ1v) is 6.34. The van der Waals surface area contributed by atoms with Gasteiger partial charge in [-0.05, 0) is 19.1 Å². The standard InChI is InChI=1S/C9H14O4S/c1-8-3-4-9(13-8)7-12-5-6-14(2,10)11/h3-4H,5-7H2,1-2H3. The van der Waals surface area contributed by atoms with Crippen LogP contribution in [-0.2, 0) is 21.2 Å². The van der Waals surface area contributed by atoms with Crippen molar-refractivity contribution in [1.82, 2.24) is 0 Å². The zero-order valence-electron chi connectivity index (χ0n) is 8.32. The van der Waals surface area contributed by atoms with Crippen LogP contribution in [0.15, 0.2) is 16.5 Å². The van der Waals surface area contributed by atoms with E-state index in [1.54, 1.807) is 0 Å². The molecule has 0 spiro atoms. The molecule has 1 aromatic rings. The fourth-order valence-corrected chi connectivity index (χ4v) is 1.37. The lowest BCUT2D eigenvalue weighted by molar-refractivity contribution is 0.119. The minimum absolute atomic E-state index is 0.0483. The molecule has 0 aliphatic carbocycles. The molecule has 1 rings (SSSR count). The molecule has 0 unspecified atom stereocenters. The van der Waals surface area contributed by atoms with E-state index in [1.807, 2.05) is 19.1 Å². The van der Waals surface area contributed by atoms with Gasteiger partial charge in [0.25, 0.3) is 0 Å². The third-order valence-electron chi connectivity index (χ3n) is 1.64. The quantitative estimate of drug-likeness (QED) is 0.696. The Morgan fingerprint density at radius 1 is 1.43 bits per heavy atom. The molecule has 0 saturated heterocycles. The molecular formula is C9H14O4S. The van der Waals surface area contributed by atoms with Gasteiger partial charge in [-0.3, -0.25) is 0 Å². The van der Waals surface area contributed by atoms with E-state index < -0.39 is 9.84 Å². The third-order valence-corrected chi connectivity index (χ3v) is 2.55. The third kappa shape index (κ3) is 4.43. The minimum atomic E-state index is -2.93. The summed E-state index contributed by atoms with van der Waals surface area (Å²) in [5.41, 5.74) is 0. The summed E-state index contributed by atoms with van der Waals surface area (Å²) in [6, 6.07) is 3.66. The Bertz CT molecular complexity index is 377. The van der Waals surface area contributed by atoms with Crippen LogP contribution in [0.3, 0.4) is 0 Å². The van der Waals surface area contributed by atoms with Crippen molar-refractivity contribution in [3.8, 4) is 0 Å². The van der Waals surface area contributed by atoms with Crippen molar-refractivity contribution in [3.05, 3.63) is 23.7 Å². The van der Waals surface area contributed by atoms with Crippen molar-refractivity contribution in [2.45, 2.75) is 13.5 Å². The molecule has 0 atom stereocenters. The van der Waals surface area contributed by atoms with E-state index >= 15 is 0 Å². The summed E-state index contributed by atoms with van der Waals surface area (Å²) < 4.78 is 31.9. The molecule has 5 heteroatoms. The Hall–Kier alpha value is -0.810. The summed E-state index contributed by atoms with van der Waals surface area (Å²) in [6.07, 6.45) is 1.19. The number of ether oxygens (including phenoxy) is 1. The van der Waals surface area contributed by atoms with Crippen molar-refractivity contribution in [3.63, 3.8) is 0 Å². The molecule has 0 radical (unpaired) electrons. The number of furan rings is 1. The number of rotatable bonds is 5. The molecule has 0 amide bonds. The topological polar surface area (TPSA) is 56.5 Å². The average Bonchev–Trinajstić information content (AvgIpc) is 2.44. The zero-order chi connectivity index (χ0) is 10.6. The Morgan fingerprint density at radius 2 is 2.14 bits per heavy atom. The van der Waals surface area contributed by atoms with E-state index in [0.717, 1.165) is 11.5 Å². The lowest BCUT2D eigenvalue weighted by Crippen LogP contribution is -2.09. The number of sulfone groups is 1. The van der Waals surface area contributed by atoms with Crippen LogP contribution in [0.2, 0.25) is 0 Å². The normalized spacial score (nSPS) is 11.9. The molecule has 0 aliphatic heterocycles. The molecule has 1 aromatic heterocycles. The van der Waals surface area contributed by atoms with Crippen LogP contribution in [-0.4, -0.2) is 27.0 Å². The zero-order valence-corrected chi connectivity index (χ0v) is 9.13. The maximum absolute atomic E-state index is 10.7. The Balaban J connectivity index is 2.23. The Kier molecular flexibility index (Phi) is 3.71. The van der Waals surface area contributed by atoms with E-state index in [-0.39, 0.29) is 12.4 Å². The Labute approximate surface area is 83.8 Å². The molecule has 0 N–H and O–H groups in total. The first kappa shape index (κ1) is 11.3. The number of hydrogen-bond acceptors (Lipinski definition) is 4. The largest absolute Gasteiger partial charge is 0.464 e. The van der Waals surface area contributed by atoms with Gasteiger partial charge >= 0.3 is 0 Å². The van der Waals surface area contributed by atoms with E-state index in [1.165, 1.54) is 6.26 Å². The van der Waals surface area contributed by atoms with Crippen LogP contribution in [0.4, 0.5) is 0 Å². The van der Waals surface area contributed by atoms with E-state index in [9.17, 15) is 8.42 Å². The lowest BCUT2D eigenvalue weighted by Gasteiger charge is -2.00. The highest BCUT2D eigenvalue weighted by molar-refractivity contribution is 7.90. The first-order chi connectivity index (χ1) is 6.47. The van der Waals surface area contributed by atoms with Gasteiger partial charge in [-0.15, -0.1) is 0 Å². The summed E-state index contributed by atoms with van der Waals surface area (Å²) >= 11 is 0. The lowest BCUT2D eigenvalue weighted by atomic mass is 10.4. The molecule has 1 heterocycles. The molecule has 0 saturated carbocycles. The predicted octanol–water partition coefficient (Wildman–Crippen LogP) is 1.15. The second kappa shape index (κ2) is 4.61. The molecule has 0 aromatic carbocycles. The van der Waals surface area contributed by atoms with Crippen LogP contribution in [0.5, 0.6) is 0 Å². The van der Waals surface area contributed by atoms with E-state index in [4.69, 9.17) is 9.15 Å². The average molecular weight is 218 g/mol. The van der Waals surface area contributed by atoms with Crippen molar-refractivity contribution in [2.24, 2.45) is 0 Å². The second-order valence-corrected chi connectivity index (χ2v) is 5.45.